The molecule has 4 heterocycles. The van der Waals surface area contributed by atoms with Crippen molar-refractivity contribution in [3.63, 3.8) is 0 Å². The summed E-state index contributed by atoms with van der Waals surface area (Å²) >= 11 is 13.1. The van der Waals surface area contributed by atoms with Gasteiger partial charge in [-0.05, 0) is 77.9 Å². The Hall–Kier alpha value is -3.60. The highest BCUT2D eigenvalue weighted by Crippen LogP contribution is 2.38. The van der Waals surface area contributed by atoms with E-state index in [1.165, 1.54) is 13.8 Å². The Morgan fingerprint density at radius 3 is 2.25 bits per heavy atom. The van der Waals surface area contributed by atoms with Crippen LogP contribution in [0.25, 0.3) is 0 Å². The lowest BCUT2D eigenvalue weighted by Crippen LogP contribution is -2.42. The Morgan fingerprint density at radius 2 is 1.79 bits per heavy atom. The third kappa shape index (κ3) is 14.1. The molecule has 0 saturated carbocycles. The number of hydrogen-bond acceptors (Lipinski definition) is 14. The summed E-state index contributed by atoms with van der Waals surface area (Å²) < 4.78 is 98.5. The van der Waals surface area contributed by atoms with Crippen LogP contribution < -0.4 is 20.3 Å². The lowest BCUT2D eigenvalue weighted by molar-refractivity contribution is -0.142. The normalized spacial score (nSPS) is 14.2. The standard InChI is InChI=1S/C12H18ClNO2S.C12H14F5N3O4S.C8H14ClN5/c1-8-7-17-10(3)12(8)14(11(15)5-13)9(2)6-16-4;1-11(2)4-7(19-24-11)25(21,22)5-6-8(12(15,16)17)18-20(3)9(6)23-10(13)14;1-4-10-7-12-6(9)13-8(14-7)11-5(2)3/h7,9H,5-6H2,1-4H3;10H,4-5H2,1-3H3;5H,4H2,1-3H3,(H2,10,11,12,13,14). The van der Waals surface area contributed by atoms with Crippen LogP contribution >= 0.6 is 34.5 Å². The molecule has 24 heteroatoms. The number of thiophene rings is 1. The maximum atomic E-state index is 13.1. The molecule has 15 nitrogen and oxygen atoms in total. The molecule has 316 valence electrons. The van der Waals surface area contributed by atoms with Crippen LogP contribution in [0.1, 0.15) is 69.7 Å². The van der Waals surface area contributed by atoms with Crippen molar-refractivity contribution in [1.29, 1.82) is 0 Å². The number of ether oxygens (including phenoxy) is 2. The van der Waals surface area contributed by atoms with Crippen LogP contribution in [0, 0.1) is 13.8 Å². The van der Waals surface area contributed by atoms with Gasteiger partial charge in [-0.3, -0.25) is 4.79 Å². The Bertz CT molecular complexity index is 1890. The number of methoxy groups -OCH3 is 1. The van der Waals surface area contributed by atoms with E-state index in [0.29, 0.717) is 23.2 Å². The lowest BCUT2D eigenvalue weighted by atomic mass is 10.1. The number of aryl methyl sites for hydroxylation is 3. The van der Waals surface area contributed by atoms with Crippen molar-refractivity contribution in [3.05, 3.63) is 32.4 Å². The summed E-state index contributed by atoms with van der Waals surface area (Å²) in [5.41, 5.74) is -1.48. The minimum Gasteiger partial charge on any atom is -0.417 e. The minimum absolute atomic E-state index is 0.0111. The molecule has 1 unspecified atom stereocenters. The van der Waals surface area contributed by atoms with Gasteiger partial charge in [-0.2, -0.15) is 42.0 Å². The van der Waals surface area contributed by atoms with Crippen LogP contribution in [-0.2, 0) is 43.2 Å². The van der Waals surface area contributed by atoms with E-state index in [1.807, 2.05) is 41.5 Å². The Morgan fingerprint density at radius 1 is 1.16 bits per heavy atom. The topological polar surface area (TPSA) is 175 Å². The van der Waals surface area contributed by atoms with E-state index < -0.39 is 56.2 Å². The van der Waals surface area contributed by atoms with Gasteiger partial charge in [0.1, 0.15) is 11.5 Å². The summed E-state index contributed by atoms with van der Waals surface area (Å²) in [5.74, 6) is -1.34. The van der Waals surface area contributed by atoms with E-state index in [1.54, 1.807) is 23.3 Å². The number of anilines is 3. The van der Waals surface area contributed by atoms with Crippen LogP contribution in [0.4, 0.5) is 39.5 Å². The third-order valence-corrected chi connectivity index (χ3v) is 10.2. The lowest BCUT2D eigenvalue weighted by Gasteiger charge is -2.29. The van der Waals surface area contributed by atoms with E-state index in [9.17, 15) is 35.2 Å². The number of oxime groups is 1. The summed E-state index contributed by atoms with van der Waals surface area (Å²) in [6, 6.07) is 0.251. The second kappa shape index (κ2) is 20.7. The number of carbonyl (C=O) groups excluding carboxylic acids is 1. The van der Waals surface area contributed by atoms with E-state index in [4.69, 9.17) is 32.8 Å². The highest BCUT2D eigenvalue weighted by atomic mass is 35.5. The third-order valence-electron chi connectivity index (χ3n) is 7.17. The smallest absolute Gasteiger partial charge is 0.417 e. The van der Waals surface area contributed by atoms with Crippen LogP contribution in [0.5, 0.6) is 5.88 Å². The zero-order chi connectivity index (χ0) is 42.8. The van der Waals surface area contributed by atoms with E-state index in [0.717, 1.165) is 29.7 Å². The molecule has 56 heavy (non-hydrogen) atoms. The van der Waals surface area contributed by atoms with Gasteiger partial charge in [0.15, 0.2) is 20.6 Å². The minimum atomic E-state index is -5.06. The molecule has 0 aromatic carbocycles. The van der Waals surface area contributed by atoms with Crippen molar-refractivity contribution in [2.24, 2.45) is 12.2 Å². The summed E-state index contributed by atoms with van der Waals surface area (Å²) in [7, 11) is -1.80. The zero-order valence-corrected chi connectivity index (χ0v) is 35.5. The maximum absolute atomic E-state index is 13.1. The van der Waals surface area contributed by atoms with Crippen molar-refractivity contribution in [1.82, 2.24) is 24.7 Å². The van der Waals surface area contributed by atoms with Gasteiger partial charge < -0.3 is 29.8 Å². The molecule has 0 fully saturated rings. The largest absolute Gasteiger partial charge is 0.435 e. The van der Waals surface area contributed by atoms with Gasteiger partial charge in [-0.25, -0.2) is 13.1 Å². The van der Waals surface area contributed by atoms with Crippen LogP contribution in [0.15, 0.2) is 10.5 Å². The van der Waals surface area contributed by atoms with Crippen molar-refractivity contribution in [2.45, 2.75) is 98.0 Å². The van der Waals surface area contributed by atoms with Gasteiger partial charge in [0.25, 0.3) is 0 Å². The SMILES string of the molecule is CCNc1nc(Cl)nc(NC(C)C)n1.COCC(C)N(C(=O)CCl)c1c(C)csc1C.Cn1nc(C(F)(F)F)c(CS(=O)(=O)C2=NOC(C)(C)C2)c1OC(F)F. The monoisotopic (exact) mass is 881 g/mol. The second-order valence-electron chi connectivity index (χ2n) is 13.0. The van der Waals surface area contributed by atoms with Gasteiger partial charge in [0.05, 0.1) is 29.7 Å². The molecule has 0 radical (unpaired) electrons. The van der Waals surface area contributed by atoms with E-state index in [-0.39, 0.29) is 35.6 Å². The molecule has 3 aromatic rings. The first-order chi connectivity index (χ1) is 25.9. The molecule has 0 saturated heterocycles. The number of hydrogen-bond donors (Lipinski definition) is 2. The van der Waals surface area contributed by atoms with Crippen molar-refractivity contribution >= 4 is 72.9 Å². The number of halogens is 7. The van der Waals surface area contributed by atoms with Gasteiger partial charge >= 0.3 is 12.8 Å². The number of nitrogens with zero attached hydrogens (tertiary/aromatic N) is 7. The molecule has 1 atom stereocenters. The first-order valence-electron chi connectivity index (χ1n) is 16.8. The maximum Gasteiger partial charge on any atom is 0.435 e. The second-order valence-corrected chi connectivity index (χ2v) is 16.7. The molecule has 3 aromatic heterocycles. The highest BCUT2D eigenvalue weighted by Gasteiger charge is 2.43. The molecule has 1 aliphatic heterocycles. The Labute approximate surface area is 336 Å². The number of nitrogens with one attached hydrogen (secondary N) is 2. The van der Waals surface area contributed by atoms with Gasteiger partial charge in [0.2, 0.25) is 29.0 Å². The summed E-state index contributed by atoms with van der Waals surface area (Å²) in [4.78, 5) is 31.7. The number of aromatic nitrogens is 5. The number of carbonyl (C=O) groups is 1. The van der Waals surface area contributed by atoms with Crippen LogP contribution in [-0.4, -0.2) is 94.5 Å². The van der Waals surface area contributed by atoms with Gasteiger partial charge in [-0.15, -0.1) is 22.9 Å². The molecule has 1 amide bonds. The Balaban J connectivity index is 0.000000306. The quantitative estimate of drug-likeness (QED) is 0.131. The van der Waals surface area contributed by atoms with Gasteiger partial charge in [-0.1, -0.05) is 5.16 Å². The summed E-state index contributed by atoms with van der Waals surface area (Å²) in [6.45, 7) is 12.8. The number of alkyl halides is 6. The average molecular weight is 883 g/mol. The van der Waals surface area contributed by atoms with Crippen molar-refractivity contribution < 1.29 is 49.5 Å². The number of sulfone groups is 1. The molecule has 1 aliphatic rings. The molecule has 0 bridgehead atoms. The van der Waals surface area contributed by atoms with Crippen LogP contribution in [0.2, 0.25) is 5.28 Å². The fourth-order valence-corrected chi connectivity index (χ4v) is 7.64. The van der Waals surface area contributed by atoms with Gasteiger partial charge in [0, 0.05) is 38.0 Å². The summed E-state index contributed by atoms with van der Waals surface area (Å²) in [6.07, 6.45) is -5.22. The first-order valence-corrected chi connectivity index (χ1v) is 20.2. The molecular weight excluding hydrogens is 836 g/mol. The predicted molar refractivity (Wildman–Crippen MR) is 206 cm³/mol. The molecule has 0 aliphatic carbocycles. The predicted octanol–water partition coefficient (Wildman–Crippen LogP) is 7.22. The van der Waals surface area contributed by atoms with E-state index in [2.05, 4.69) is 46.0 Å². The fraction of sp³-hybridized carbons (Fsp3) is 0.625. The number of amides is 1. The molecule has 2 N–H and O–H groups in total. The van der Waals surface area contributed by atoms with Crippen molar-refractivity contribution in [3.8, 4) is 5.88 Å². The molecule has 0 spiro atoms. The molecule has 4 rings (SSSR count). The van der Waals surface area contributed by atoms with Crippen LogP contribution in [0.3, 0.4) is 0 Å². The highest BCUT2D eigenvalue weighted by molar-refractivity contribution is 8.05. The molecular formula is C32H46Cl2F5N9O6S2. The van der Waals surface area contributed by atoms with E-state index >= 15 is 0 Å². The Kier molecular flexibility index (Phi) is 18.0. The average Bonchev–Trinajstić information content (AvgIpc) is 3.71. The fourth-order valence-electron chi connectivity index (χ4n) is 4.99. The number of rotatable bonds is 13. The first kappa shape index (κ1) is 48.5. The zero-order valence-electron chi connectivity index (χ0n) is 32.4. The summed E-state index contributed by atoms with van der Waals surface area (Å²) in [5, 5.41) is 14.3. The van der Waals surface area contributed by atoms with Crippen molar-refractivity contribution in [2.75, 3.05) is 41.7 Å².